The van der Waals surface area contributed by atoms with Crippen molar-refractivity contribution in [3.63, 3.8) is 0 Å². The fraction of sp³-hybridized carbons (Fsp3) is 0.250. The second kappa shape index (κ2) is 4.73. The molecule has 1 aromatic rings. The Kier molecular flexibility index (Phi) is 3.61. The Morgan fingerprint density at radius 3 is 2.73 bits per heavy atom. The van der Waals surface area contributed by atoms with Crippen LogP contribution >= 0.6 is 0 Å². The summed E-state index contributed by atoms with van der Waals surface area (Å²) in [5, 5.41) is 2.70. The molecule has 2 nitrogen and oxygen atoms in total. The molecule has 0 aliphatic rings. The van der Waals surface area contributed by atoms with Crippen LogP contribution in [-0.2, 0) is 0 Å². The average molecular weight is 207 g/mol. The van der Waals surface area contributed by atoms with E-state index in [1.165, 1.54) is 18.2 Å². The first-order chi connectivity index (χ1) is 7.00. The summed E-state index contributed by atoms with van der Waals surface area (Å²) in [7, 11) is 0. The number of hydrogen-bond donors (Lipinski definition) is 1. The van der Waals surface area contributed by atoms with Gasteiger partial charge in [-0.25, -0.2) is 4.39 Å². The number of halogens is 1. The molecule has 3 heteroatoms. The molecule has 1 aromatic carbocycles. The molecule has 15 heavy (non-hydrogen) atoms. The summed E-state index contributed by atoms with van der Waals surface area (Å²) in [6.45, 7) is 7.66. The fourth-order valence-corrected chi connectivity index (χ4v) is 1.21. The summed E-state index contributed by atoms with van der Waals surface area (Å²) in [4.78, 5) is 11.6. The second-order valence-corrected chi connectivity index (χ2v) is 3.60. The molecule has 0 heterocycles. The van der Waals surface area contributed by atoms with Gasteiger partial charge in [-0.2, -0.15) is 0 Å². The van der Waals surface area contributed by atoms with Crippen LogP contribution in [0.1, 0.15) is 22.8 Å². The lowest BCUT2D eigenvalue weighted by Gasteiger charge is -2.07. The predicted molar refractivity (Wildman–Crippen MR) is 58.3 cm³/mol. The third-order valence-electron chi connectivity index (χ3n) is 1.98. The molecule has 0 radical (unpaired) electrons. The summed E-state index contributed by atoms with van der Waals surface area (Å²) >= 11 is 0. The van der Waals surface area contributed by atoms with Crippen molar-refractivity contribution in [2.45, 2.75) is 13.8 Å². The first-order valence-corrected chi connectivity index (χ1v) is 4.69. The Balaban J connectivity index is 2.78. The molecule has 0 aliphatic carbocycles. The first-order valence-electron chi connectivity index (χ1n) is 4.69. The van der Waals surface area contributed by atoms with E-state index in [-0.39, 0.29) is 11.7 Å². The highest BCUT2D eigenvalue weighted by Crippen LogP contribution is 2.09. The van der Waals surface area contributed by atoms with Crippen molar-refractivity contribution in [2.75, 3.05) is 6.54 Å². The van der Waals surface area contributed by atoms with Gasteiger partial charge in [-0.1, -0.05) is 12.2 Å². The molecule has 1 amide bonds. The Morgan fingerprint density at radius 2 is 2.20 bits per heavy atom. The van der Waals surface area contributed by atoms with E-state index in [1.807, 2.05) is 6.92 Å². The lowest BCUT2D eigenvalue weighted by molar-refractivity contribution is 0.0956. The van der Waals surface area contributed by atoms with Crippen LogP contribution in [0.25, 0.3) is 0 Å². The van der Waals surface area contributed by atoms with E-state index in [4.69, 9.17) is 0 Å². The molecule has 0 fully saturated rings. The highest BCUT2D eigenvalue weighted by Gasteiger charge is 2.08. The van der Waals surface area contributed by atoms with Crippen LogP contribution in [0.5, 0.6) is 0 Å². The van der Waals surface area contributed by atoms with Crippen molar-refractivity contribution in [3.8, 4) is 0 Å². The van der Waals surface area contributed by atoms with Crippen LogP contribution < -0.4 is 5.32 Å². The molecule has 1 N–H and O–H groups in total. The van der Waals surface area contributed by atoms with Crippen LogP contribution in [0.4, 0.5) is 4.39 Å². The first kappa shape index (κ1) is 11.4. The molecule has 0 spiro atoms. The average Bonchev–Trinajstić information content (AvgIpc) is 2.14. The summed E-state index contributed by atoms with van der Waals surface area (Å²) in [6, 6.07) is 4.11. The minimum atomic E-state index is -0.330. The van der Waals surface area contributed by atoms with Gasteiger partial charge in [0.15, 0.2) is 0 Å². The van der Waals surface area contributed by atoms with Crippen molar-refractivity contribution in [1.29, 1.82) is 0 Å². The molecule has 80 valence electrons. The van der Waals surface area contributed by atoms with Gasteiger partial charge in [0.05, 0.1) is 0 Å². The van der Waals surface area contributed by atoms with Gasteiger partial charge in [0.1, 0.15) is 5.82 Å². The number of nitrogens with one attached hydrogen (secondary N) is 1. The highest BCUT2D eigenvalue weighted by atomic mass is 19.1. The third-order valence-corrected chi connectivity index (χ3v) is 1.98. The van der Waals surface area contributed by atoms with Gasteiger partial charge in [-0.15, -0.1) is 0 Å². The maximum absolute atomic E-state index is 12.8. The summed E-state index contributed by atoms with van der Waals surface area (Å²) in [6.07, 6.45) is 0. The SMILES string of the molecule is C=C(C)CNC(=O)c1ccc(F)cc1C. The number of amides is 1. The van der Waals surface area contributed by atoms with Gasteiger partial charge < -0.3 is 5.32 Å². The zero-order valence-corrected chi connectivity index (χ0v) is 8.93. The Labute approximate surface area is 88.8 Å². The van der Waals surface area contributed by atoms with Crippen LogP contribution in [0.2, 0.25) is 0 Å². The number of aryl methyl sites for hydroxylation is 1. The van der Waals surface area contributed by atoms with Gasteiger partial charge >= 0.3 is 0 Å². The number of benzene rings is 1. The minimum Gasteiger partial charge on any atom is -0.348 e. The maximum atomic E-state index is 12.8. The number of carbonyl (C=O) groups is 1. The van der Waals surface area contributed by atoms with Gasteiger partial charge in [-0.05, 0) is 37.6 Å². The number of hydrogen-bond acceptors (Lipinski definition) is 1. The quantitative estimate of drug-likeness (QED) is 0.758. The van der Waals surface area contributed by atoms with Gasteiger partial charge in [0.2, 0.25) is 0 Å². The molecule has 0 saturated heterocycles. The second-order valence-electron chi connectivity index (χ2n) is 3.60. The van der Waals surface area contributed by atoms with Crippen molar-refractivity contribution in [2.24, 2.45) is 0 Å². The molecule has 0 bridgehead atoms. The predicted octanol–water partition coefficient (Wildman–Crippen LogP) is 2.44. The minimum absolute atomic E-state index is 0.199. The molecule has 1 rings (SSSR count). The Hall–Kier alpha value is -1.64. The summed E-state index contributed by atoms with van der Waals surface area (Å²) in [5.41, 5.74) is 2.01. The van der Waals surface area contributed by atoms with Gasteiger partial charge in [0.25, 0.3) is 5.91 Å². The third kappa shape index (κ3) is 3.20. The number of rotatable bonds is 3. The molecule has 0 aliphatic heterocycles. The highest BCUT2D eigenvalue weighted by molar-refractivity contribution is 5.95. The summed E-state index contributed by atoms with van der Waals surface area (Å²) < 4.78 is 12.8. The normalized spacial score (nSPS) is 9.80. The summed E-state index contributed by atoms with van der Waals surface area (Å²) in [5.74, 6) is -0.528. The topological polar surface area (TPSA) is 29.1 Å². The fourth-order valence-electron chi connectivity index (χ4n) is 1.21. The van der Waals surface area contributed by atoms with Crippen LogP contribution in [0.15, 0.2) is 30.4 Å². The molecular weight excluding hydrogens is 193 g/mol. The molecular formula is C12H14FNO. The van der Waals surface area contributed by atoms with Crippen molar-refractivity contribution in [1.82, 2.24) is 5.32 Å². The van der Waals surface area contributed by atoms with Gasteiger partial charge in [0, 0.05) is 12.1 Å². The monoisotopic (exact) mass is 207 g/mol. The molecule has 0 unspecified atom stereocenters. The Morgan fingerprint density at radius 1 is 1.53 bits per heavy atom. The van der Waals surface area contributed by atoms with Crippen LogP contribution in [0, 0.1) is 12.7 Å². The van der Waals surface area contributed by atoms with Crippen LogP contribution in [0.3, 0.4) is 0 Å². The maximum Gasteiger partial charge on any atom is 0.251 e. The lowest BCUT2D eigenvalue weighted by atomic mass is 10.1. The zero-order chi connectivity index (χ0) is 11.4. The van der Waals surface area contributed by atoms with E-state index in [0.717, 1.165) is 5.57 Å². The number of carbonyl (C=O) groups excluding carboxylic acids is 1. The zero-order valence-electron chi connectivity index (χ0n) is 8.93. The van der Waals surface area contributed by atoms with E-state index >= 15 is 0 Å². The van der Waals surface area contributed by atoms with E-state index in [0.29, 0.717) is 17.7 Å². The van der Waals surface area contributed by atoms with E-state index in [2.05, 4.69) is 11.9 Å². The molecule has 0 aromatic heterocycles. The van der Waals surface area contributed by atoms with Crippen molar-refractivity contribution >= 4 is 5.91 Å². The van der Waals surface area contributed by atoms with E-state index in [9.17, 15) is 9.18 Å². The van der Waals surface area contributed by atoms with Crippen LogP contribution in [-0.4, -0.2) is 12.5 Å². The van der Waals surface area contributed by atoms with E-state index < -0.39 is 0 Å². The smallest absolute Gasteiger partial charge is 0.251 e. The molecule has 0 saturated carbocycles. The van der Waals surface area contributed by atoms with Crippen molar-refractivity contribution in [3.05, 3.63) is 47.3 Å². The van der Waals surface area contributed by atoms with Crippen molar-refractivity contribution < 1.29 is 9.18 Å². The Bertz CT molecular complexity index is 399. The lowest BCUT2D eigenvalue weighted by Crippen LogP contribution is -2.25. The van der Waals surface area contributed by atoms with E-state index in [1.54, 1.807) is 6.92 Å². The van der Waals surface area contributed by atoms with Gasteiger partial charge in [-0.3, -0.25) is 4.79 Å². The largest absolute Gasteiger partial charge is 0.348 e. The standard InChI is InChI=1S/C12H14FNO/c1-8(2)7-14-12(15)11-5-4-10(13)6-9(11)3/h4-6H,1,7H2,2-3H3,(H,14,15). The molecule has 0 atom stereocenters.